The van der Waals surface area contributed by atoms with Gasteiger partial charge in [-0.3, -0.25) is 10.00 Å². The highest BCUT2D eigenvalue weighted by molar-refractivity contribution is 5.95. The van der Waals surface area contributed by atoms with Gasteiger partial charge in [-0.25, -0.2) is 9.97 Å². The molecule has 5 rings (SSSR count). The third-order valence-corrected chi connectivity index (χ3v) is 5.49. The van der Waals surface area contributed by atoms with E-state index in [1.165, 1.54) is 4.52 Å². The van der Waals surface area contributed by atoms with Crippen LogP contribution in [0.2, 0.25) is 0 Å². The molecule has 0 atom stereocenters. The molecule has 0 saturated carbocycles. The molecule has 0 amide bonds. The number of hydrogen-bond acceptors (Lipinski definition) is 7. The number of para-hydroxylation sites is 1. The average molecular weight is 432 g/mol. The molecule has 3 N–H and O–H groups in total. The Kier molecular flexibility index (Phi) is 4.46. The number of hydrogen-bond donors (Lipinski definition) is 2. The Morgan fingerprint density at radius 2 is 2.10 bits per heavy atom. The van der Waals surface area contributed by atoms with Gasteiger partial charge in [0, 0.05) is 49.1 Å². The summed E-state index contributed by atoms with van der Waals surface area (Å²) in [4.78, 5) is 10.9. The summed E-state index contributed by atoms with van der Waals surface area (Å²) in [6, 6.07) is 5.49. The first-order chi connectivity index (χ1) is 14.8. The number of fused-ring (bicyclic) bond motifs is 4. The standard InChI is InChI=1S/C19H19F3N8O/c1-31-13-4-2-3-10-15(13)25-18(23)30-17(10)24-14(28-30)6-8-29-7-5-12-11(9-29)16(27-26-12)19(20,21)22/h2-4H,5-9H2,1H3,(H2,23,25)(H,26,27). The van der Waals surface area contributed by atoms with Crippen molar-refractivity contribution < 1.29 is 17.9 Å². The number of anilines is 1. The summed E-state index contributed by atoms with van der Waals surface area (Å²) in [5, 5.41) is 11.2. The highest BCUT2D eigenvalue weighted by atomic mass is 19.4. The number of aromatic nitrogens is 6. The van der Waals surface area contributed by atoms with E-state index in [-0.39, 0.29) is 18.1 Å². The van der Waals surface area contributed by atoms with E-state index in [1.54, 1.807) is 13.2 Å². The molecule has 0 bridgehead atoms. The summed E-state index contributed by atoms with van der Waals surface area (Å²) < 4.78 is 46.3. The number of nitrogens with one attached hydrogen (secondary N) is 1. The molecule has 0 radical (unpaired) electrons. The number of aromatic amines is 1. The van der Waals surface area contributed by atoms with Gasteiger partial charge >= 0.3 is 6.18 Å². The molecule has 31 heavy (non-hydrogen) atoms. The summed E-state index contributed by atoms with van der Waals surface area (Å²) in [6.07, 6.45) is -3.53. The fourth-order valence-electron chi connectivity index (χ4n) is 3.97. The second-order valence-corrected chi connectivity index (χ2v) is 7.39. The lowest BCUT2D eigenvalue weighted by molar-refractivity contribution is -0.142. The monoisotopic (exact) mass is 432 g/mol. The summed E-state index contributed by atoms with van der Waals surface area (Å²) in [7, 11) is 1.56. The van der Waals surface area contributed by atoms with E-state index < -0.39 is 11.9 Å². The SMILES string of the molecule is COc1cccc2c1nc(N)n1nc(CCN3CCc4[nH]nc(C(F)(F)F)c4C3)nc21. The number of benzene rings is 1. The molecule has 1 aliphatic heterocycles. The number of alkyl halides is 3. The predicted octanol–water partition coefficient (Wildman–Crippen LogP) is 2.21. The van der Waals surface area contributed by atoms with Crippen molar-refractivity contribution in [2.75, 3.05) is 25.9 Å². The summed E-state index contributed by atoms with van der Waals surface area (Å²) in [5.41, 5.74) is 7.15. The highest BCUT2D eigenvalue weighted by Crippen LogP contribution is 2.34. The minimum atomic E-state index is -4.47. The number of H-pyrrole nitrogens is 1. The maximum atomic E-state index is 13.2. The van der Waals surface area contributed by atoms with Gasteiger partial charge < -0.3 is 10.5 Å². The van der Waals surface area contributed by atoms with Gasteiger partial charge in [-0.05, 0) is 12.1 Å². The van der Waals surface area contributed by atoms with Crippen LogP contribution in [0.15, 0.2) is 18.2 Å². The maximum absolute atomic E-state index is 13.2. The fourth-order valence-corrected chi connectivity index (χ4v) is 3.97. The van der Waals surface area contributed by atoms with E-state index in [0.717, 1.165) is 5.39 Å². The van der Waals surface area contributed by atoms with Crippen LogP contribution in [0.25, 0.3) is 16.6 Å². The Balaban J connectivity index is 1.39. The Morgan fingerprint density at radius 3 is 2.87 bits per heavy atom. The number of methoxy groups -OCH3 is 1. The largest absolute Gasteiger partial charge is 0.494 e. The van der Waals surface area contributed by atoms with Gasteiger partial charge in [-0.1, -0.05) is 6.07 Å². The third kappa shape index (κ3) is 3.32. The molecular formula is C19H19F3N8O. The van der Waals surface area contributed by atoms with Crippen LogP contribution in [-0.4, -0.2) is 54.9 Å². The number of ether oxygens (including phenoxy) is 1. The van der Waals surface area contributed by atoms with Gasteiger partial charge in [0.15, 0.2) is 17.2 Å². The van der Waals surface area contributed by atoms with Crippen LogP contribution >= 0.6 is 0 Å². The molecule has 162 valence electrons. The first kappa shape index (κ1) is 19.5. The van der Waals surface area contributed by atoms with Crippen LogP contribution in [-0.2, 0) is 25.6 Å². The summed E-state index contributed by atoms with van der Waals surface area (Å²) >= 11 is 0. The van der Waals surface area contributed by atoms with Gasteiger partial charge in [0.25, 0.3) is 0 Å². The molecule has 3 aromatic heterocycles. The van der Waals surface area contributed by atoms with Crippen LogP contribution < -0.4 is 10.5 Å². The lowest BCUT2D eigenvalue weighted by Crippen LogP contribution is -2.33. The minimum Gasteiger partial charge on any atom is -0.494 e. The van der Waals surface area contributed by atoms with Crippen molar-refractivity contribution in [2.24, 2.45) is 0 Å². The lowest BCUT2D eigenvalue weighted by Gasteiger charge is -2.26. The Hall–Kier alpha value is -3.41. The molecule has 0 unspecified atom stereocenters. The van der Waals surface area contributed by atoms with E-state index in [1.807, 2.05) is 17.0 Å². The van der Waals surface area contributed by atoms with Crippen molar-refractivity contribution in [1.82, 2.24) is 34.7 Å². The molecule has 0 aliphatic carbocycles. The Labute approximate surface area is 174 Å². The summed E-state index contributed by atoms with van der Waals surface area (Å²) in [6.45, 7) is 1.31. The normalized spacial score (nSPS) is 15.0. The van der Waals surface area contributed by atoms with Gasteiger partial charge in [0.2, 0.25) is 5.95 Å². The first-order valence-corrected chi connectivity index (χ1v) is 9.68. The quantitative estimate of drug-likeness (QED) is 0.509. The number of nitrogens with two attached hydrogens (primary N) is 1. The predicted molar refractivity (Wildman–Crippen MR) is 106 cm³/mol. The third-order valence-electron chi connectivity index (χ3n) is 5.49. The smallest absolute Gasteiger partial charge is 0.435 e. The zero-order valence-electron chi connectivity index (χ0n) is 16.6. The van der Waals surface area contributed by atoms with Crippen LogP contribution in [0.1, 0.15) is 22.8 Å². The second kappa shape index (κ2) is 7.08. The number of nitrogen functional groups attached to an aromatic ring is 1. The molecule has 0 spiro atoms. The van der Waals surface area contributed by atoms with Crippen LogP contribution in [0, 0.1) is 0 Å². The molecule has 1 aliphatic rings. The maximum Gasteiger partial charge on any atom is 0.435 e. The van der Waals surface area contributed by atoms with Crippen LogP contribution in [0.3, 0.4) is 0 Å². The molecule has 0 saturated heterocycles. The first-order valence-electron chi connectivity index (χ1n) is 9.68. The van der Waals surface area contributed by atoms with Crippen LogP contribution in [0.5, 0.6) is 5.75 Å². The van der Waals surface area contributed by atoms with E-state index >= 15 is 0 Å². The zero-order valence-corrected chi connectivity index (χ0v) is 16.6. The lowest BCUT2D eigenvalue weighted by atomic mass is 10.0. The van der Waals surface area contributed by atoms with E-state index in [4.69, 9.17) is 10.5 Å². The van der Waals surface area contributed by atoms with Crippen molar-refractivity contribution >= 4 is 22.5 Å². The number of rotatable bonds is 4. The van der Waals surface area contributed by atoms with Crippen molar-refractivity contribution in [1.29, 1.82) is 0 Å². The van der Waals surface area contributed by atoms with Crippen molar-refractivity contribution in [3.63, 3.8) is 0 Å². The average Bonchev–Trinajstić information content (AvgIpc) is 3.36. The number of nitrogens with zero attached hydrogens (tertiary/aromatic N) is 6. The van der Waals surface area contributed by atoms with Gasteiger partial charge in [-0.2, -0.15) is 22.8 Å². The Bertz CT molecular complexity index is 1280. The Morgan fingerprint density at radius 1 is 1.26 bits per heavy atom. The minimum absolute atomic E-state index is 0.178. The van der Waals surface area contributed by atoms with Crippen LogP contribution in [0.4, 0.5) is 19.1 Å². The molecule has 12 heteroatoms. The highest BCUT2D eigenvalue weighted by Gasteiger charge is 2.39. The van der Waals surface area contributed by atoms with Crippen molar-refractivity contribution in [3.8, 4) is 5.75 Å². The molecule has 9 nitrogen and oxygen atoms in total. The van der Waals surface area contributed by atoms with Gasteiger partial charge in [0.05, 0.1) is 7.11 Å². The summed E-state index contributed by atoms with van der Waals surface area (Å²) in [5.74, 6) is 1.31. The molecule has 4 aromatic rings. The van der Waals surface area contributed by atoms with E-state index in [0.29, 0.717) is 54.4 Å². The van der Waals surface area contributed by atoms with E-state index in [9.17, 15) is 13.2 Å². The second-order valence-electron chi connectivity index (χ2n) is 7.39. The van der Waals surface area contributed by atoms with Gasteiger partial charge in [0.1, 0.15) is 11.3 Å². The molecule has 0 fully saturated rings. The topological polar surface area (TPSA) is 110 Å². The van der Waals surface area contributed by atoms with Crippen molar-refractivity contribution in [2.45, 2.75) is 25.6 Å². The van der Waals surface area contributed by atoms with Crippen molar-refractivity contribution in [3.05, 3.63) is 41.0 Å². The molecular weight excluding hydrogens is 413 g/mol. The van der Waals surface area contributed by atoms with E-state index in [2.05, 4.69) is 25.3 Å². The molecule has 4 heterocycles. The van der Waals surface area contributed by atoms with Gasteiger partial charge in [-0.15, -0.1) is 5.10 Å². The fraction of sp³-hybridized carbons (Fsp3) is 0.368. The zero-order chi connectivity index (χ0) is 21.8. The number of halogens is 3. The molecule has 1 aromatic carbocycles.